The molecule has 0 radical (unpaired) electrons. The molecule has 0 atom stereocenters. The van der Waals surface area contributed by atoms with Gasteiger partial charge in [0.2, 0.25) is 5.69 Å². The van der Waals surface area contributed by atoms with Gasteiger partial charge in [0, 0.05) is 39.3 Å². The number of H-pyrrole nitrogens is 2. The van der Waals surface area contributed by atoms with E-state index in [1.165, 1.54) is 0 Å². The van der Waals surface area contributed by atoms with Crippen LogP contribution in [0.3, 0.4) is 0 Å². The molecule has 4 nitrogen and oxygen atoms in total. The lowest BCUT2D eigenvalue weighted by Gasteiger charge is -2.06. The number of fused-ring (bicyclic) bond motifs is 8. The van der Waals surface area contributed by atoms with Gasteiger partial charge in [-0.15, -0.1) is 0 Å². The SMILES string of the molecule is C1=Cc2nc1c(-c1ccccc1)c1ccc([nH]1)c(-c1ccccc1)c1cc(c(-c3ccccc3)c3ccc([nH]3)c2-c2ccccc2)[NH+]=C1. The summed E-state index contributed by atoms with van der Waals surface area (Å²) in [7, 11) is 0. The molecular formula is C44H31N4+. The van der Waals surface area contributed by atoms with Crippen LogP contribution >= 0.6 is 0 Å². The van der Waals surface area contributed by atoms with Crippen LogP contribution < -0.4 is 4.99 Å². The summed E-state index contributed by atoms with van der Waals surface area (Å²) in [5.41, 5.74) is 16.8. The standard InChI is InChI=1S/C44H30N4/c1-5-13-29(14-6-1)41-33-27-40(45-28-33)44(32-19-11-4-12-20-32)39-26-25-38(48-39)43(31-17-9-3-10-18-31)37-24-23-36(47-37)42(30-15-7-2-8-16-30)35-22-21-34(41)46-35/h1-28,46,48H/p+1. The molecule has 0 aliphatic carbocycles. The Balaban J connectivity index is 1.49. The minimum absolute atomic E-state index is 0.914. The average molecular weight is 616 g/mol. The van der Waals surface area contributed by atoms with Crippen molar-refractivity contribution >= 4 is 46.1 Å². The number of aromatic nitrogens is 3. The summed E-state index contributed by atoms with van der Waals surface area (Å²) in [6.07, 6.45) is 6.41. The quantitative estimate of drug-likeness (QED) is 0.181. The summed E-state index contributed by atoms with van der Waals surface area (Å²) in [5.74, 6) is 0. The molecule has 8 bridgehead atoms. The van der Waals surface area contributed by atoms with Gasteiger partial charge in [-0.1, -0.05) is 121 Å². The molecular weight excluding hydrogens is 585 g/mol. The fourth-order valence-corrected chi connectivity index (χ4v) is 6.93. The third kappa shape index (κ3) is 4.88. The maximum Gasteiger partial charge on any atom is 0.214 e. The number of hydrogen-bond acceptors (Lipinski definition) is 1. The van der Waals surface area contributed by atoms with E-state index in [2.05, 4.69) is 185 Å². The summed E-state index contributed by atoms with van der Waals surface area (Å²) in [5, 5.41) is 0. The maximum absolute atomic E-state index is 5.35. The van der Waals surface area contributed by atoms with E-state index in [1.54, 1.807) is 0 Å². The third-order valence-corrected chi connectivity index (χ3v) is 9.09. The van der Waals surface area contributed by atoms with Crippen molar-refractivity contribution < 1.29 is 4.99 Å². The monoisotopic (exact) mass is 615 g/mol. The Morgan fingerprint density at radius 3 is 1.23 bits per heavy atom. The molecule has 0 saturated carbocycles. The molecule has 0 fully saturated rings. The number of rotatable bonds is 4. The maximum atomic E-state index is 5.35. The van der Waals surface area contributed by atoms with Crippen LogP contribution in [-0.2, 0) is 0 Å². The van der Waals surface area contributed by atoms with Crippen LogP contribution in [0, 0.1) is 0 Å². The van der Waals surface area contributed by atoms with Crippen LogP contribution in [0.5, 0.6) is 0 Å². The Bertz CT molecular complexity index is 2170. The number of nitrogens with one attached hydrogen (secondary N) is 3. The molecule has 0 amide bonds. The molecule has 2 aliphatic rings. The van der Waals surface area contributed by atoms with E-state index in [-0.39, 0.29) is 0 Å². The summed E-state index contributed by atoms with van der Waals surface area (Å²) >= 11 is 0. The highest BCUT2D eigenvalue weighted by Gasteiger charge is 2.21. The zero-order valence-electron chi connectivity index (χ0n) is 26.1. The zero-order valence-corrected chi connectivity index (χ0v) is 26.1. The molecule has 0 saturated heterocycles. The lowest BCUT2D eigenvalue weighted by Crippen LogP contribution is -2.59. The van der Waals surface area contributed by atoms with Gasteiger partial charge >= 0.3 is 0 Å². The van der Waals surface area contributed by atoms with Crippen molar-refractivity contribution in [2.75, 3.05) is 0 Å². The minimum Gasteiger partial charge on any atom is -0.354 e. The lowest BCUT2D eigenvalue weighted by molar-refractivity contribution is -0.342. The molecule has 3 N–H and O–H groups in total. The summed E-state index contributed by atoms with van der Waals surface area (Å²) < 4.78 is 0. The number of benzene rings is 4. The summed E-state index contributed by atoms with van der Waals surface area (Å²) in [6.45, 7) is 0. The first-order valence-corrected chi connectivity index (χ1v) is 16.2. The van der Waals surface area contributed by atoms with Gasteiger partial charge in [0.15, 0.2) is 6.21 Å². The van der Waals surface area contributed by atoms with Crippen molar-refractivity contribution in [2.24, 2.45) is 0 Å². The molecule has 4 heteroatoms. The molecule has 0 spiro atoms. The first-order chi connectivity index (χ1) is 23.8. The van der Waals surface area contributed by atoms with Gasteiger partial charge in [-0.2, -0.15) is 0 Å². The van der Waals surface area contributed by atoms with E-state index in [0.717, 1.165) is 89.2 Å². The molecule has 48 heavy (non-hydrogen) atoms. The highest BCUT2D eigenvalue weighted by molar-refractivity contribution is 6.01. The number of hydrogen-bond donors (Lipinski definition) is 3. The predicted molar refractivity (Wildman–Crippen MR) is 200 cm³/mol. The topological polar surface area (TPSA) is 58.4 Å². The van der Waals surface area contributed by atoms with E-state index in [4.69, 9.17) is 4.98 Å². The van der Waals surface area contributed by atoms with Crippen molar-refractivity contribution in [3.8, 4) is 44.5 Å². The van der Waals surface area contributed by atoms with Crippen molar-refractivity contribution in [1.29, 1.82) is 0 Å². The van der Waals surface area contributed by atoms with Gasteiger partial charge in [0.25, 0.3) is 0 Å². The van der Waals surface area contributed by atoms with Crippen molar-refractivity contribution in [2.45, 2.75) is 0 Å². The van der Waals surface area contributed by atoms with E-state index < -0.39 is 0 Å². The third-order valence-electron chi connectivity index (χ3n) is 9.09. The van der Waals surface area contributed by atoms with E-state index in [9.17, 15) is 0 Å². The Morgan fingerprint density at radius 1 is 0.396 bits per heavy atom. The van der Waals surface area contributed by atoms with Gasteiger partial charge in [-0.25, -0.2) is 9.98 Å². The Kier molecular flexibility index (Phi) is 6.76. The second-order valence-electron chi connectivity index (χ2n) is 12.1. The van der Waals surface area contributed by atoms with Crippen LogP contribution in [-0.4, -0.2) is 21.2 Å². The predicted octanol–water partition coefficient (Wildman–Crippen LogP) is 9.59. The van der Waals surface area contributed by atoms with Crippen LogP contribution in [0.15, 0.2) is 152 Å². The Morgan fingerprint density at radius 2 is 0.771 bits per heavy atom. The molecule has 3 aromatic heterocycles. The van der Waals surface area contributed by atoms with Gasteiger partial charge < -0.3 is 9.97 Å². The highest BCUT2D eigenvalue weighted by Crippen LogP contribution is 2.37. The lowest BCUT2D eigenvalue weighted by atomic mass is 10.0. The molecule has 7 aromatic rings. The minimum atomic E-state index is 0.914. The number of aromatic amines is 2. The van der Waals surface area contributed by atoms with Crippen molar-refractivity contribution in [1.82, 2.24) is 15.0 Å². The molecule has 5 heterocycles. The van der Waals surface area contributed by atoms with Gasteiger partial charge in [0.05, 0.1) is 28.0 Å². The van der Waals surface area contributed by atoms with E-state index in [1.807, 2.05) is 0 Å². The van der Waals surface area contributed by atoms with E-state index >= 15 is 0 Å². The molecule has 4 aromatic carbocycles. The first-order valence-electron chi connectivity index (χ1n) is 16.2. The van der Waals surface area contributed by atoms with Crippen molar-refractivity contribution in [3.05, 3.63) is 169 Å². The zero-order chi connectivity index (χ0) is 31.9. The molecule has 2 aliphatic heterocycles. The van der Waals surface area contributed by atoms with Crippen LogP contribution in [0.1, 0.15) is 17.0 Å². The average Bonchev–Trinajstić information content (AvgIpc) is 3.98. The molecule has 0 unspecified atom stereocenters. The molecule has 226 valence electrons. The van der Waals surface area contributed by atoms with Crippen LogP contribution in [0.4, 0.5) is 5.69 Å². The fraction of sp³-hybridized carbons (Fsp3) is 0. The molecule has 9 rings (SSSR count). The van der Waals surface area contributed by atoms with Crippen LogP contribution in [0.2, 0.25) is 0 Å². The van der Waals surface area contributed by atoms with Gasteiger partial charge in [-0.05, 0) is 58.7 Å². The van der Waals surface area contributed by atoms with Gasteiger partial charge in [0.1, 0.15) is 0 Å². The normalized spacial score (nSPS) is 12.0. The Labute approximate surface area is 278 Å². The fourth-order valence-electron chi connectivity index (χ4n) is 6.93. The Hall–Kier alpha value is -6.52. The first kappa shape index (κ1) is 27.8. The van der Waals surface area contributed by atoms with Crippen LogP contribution in [0.25, 0.3) is 78.7 Å². The smallest absolute Gasteiger partial charge is 0.214 e. The summed E-state index contributed by atoms with van der Waals surface area (Å²) in [6, 6.07) is 53.2. The van der Waals surface area contributed by atoms with Gasteiger partial charge in [-0.3, -0.25) is 0 Å². The largest absolute Gasteiger partial charge is 0.354 e. The van der Waals surface area contributed by atoms with E-state index in [0.29, 0.717) is 0 Å². The second kappa shape index (κ2) is 11.7. The second-order valence-corrected chi connectivity index (χ2v) is 12.1. The summed E-state index contributed by atoms with van der Waals surface area (Å²) in [4.78, 5) is 16.7. The highest BCUT2D eigenvalue weighted by atomic mass is 14.8. The number of nitrogens with zero attached hydrogens (tertiary/aromatic N) is 1. The van der Waals surface area contributed by atoms with Crippen molar-refractivity contribution in [3.63, 3.8) is 0 Å².